The smallest absolute Gasteiger partial charge is 0.406 e. The summed E-state index contributed by atoms with van der Waals surface area (Å²) in [6, 6.07) is 6.44. The summed E-state index contributed by atoms with van der Waals surface area (Å²) in [4.78, 5) is 22.6. The molecule has 0 aliphatic carbocycles. The monoisotopic (exact) mass is 290 g/mol. The van der Waals surface area contributed by atoms with Crippen LogP contribution in [-0.4, -0.2) is 41.1 Å². The standard InChI is InChI=1S/C12H13F3N2O3/c13-12(14,15)7-17(6-9(18)19)11(20)10(16)8-4-2-1-3-5-8/h1-5,10H,6-7,16H2,(H,18,19)/t10-/m0/s1. The van der Waals surface area contributed by atoms with E-state index in [0.717, 1.165) is 0 Å². The predicted molar refractivity (Wildman–Crippen MR) is 63.6 cm³/mol. The van der Waals surface area contributed by atoms with Crippen molar-refractivity contribution in [3.63, 3.8) is 0 Å². The molecule has 110 valence electrons. The first-order chi connectivity index (χ1) is 9.20. The van der Waals surface area contributed by atoms with Crippen molar-refractivity contribution in [3.8, 4) is 0 Å². The summed E-state index contributed by atoms with van der Waals surface area (Å²) in [5.41, 5.74) is 5.90. The van der Waals surface area contributed by atoms with Gasteiger partial charge in [0, 0.05) is 0 Å². The third-order valence-corrected chi connectivity index (χ3v) is 2.43. The summed E-state index contributed by atoms with van der Waals surface area (Å²) in [5, 5.41) is 8.58. The van der Waals surface area contributed by atoms with Crippen LogP contribution in [0.15, 0.2) is 30.3 Å². The molecule has 1 aromatic rings. The second-order valence-electron chi connectivity index (χ2n) is 4.09. The lowest BCUT2D eigenvalue weighted by molar-refractivity contribution is -0.166. The molecule has 0 spiro atoms. The normalized spacial score (nSPS) is 12.8. The molecule has 0 fully saturated rings. The van der Waals surface area contributed by atoms with Gasteiger partial charge in [-0.15, -0.1) is 0 Å². The third-order valence-electron chi connectivity index (χ3n) is 2.43. The van der Waals surface area contributed by atoms with Gasteiger partial charge in [-0.3, -0.25) is 9.59 Å². The number of carboxylic acid groups (broad SMARTS) is 1. The molecule has 1 atom stereocenters. The fraction of sp³-hybridized carbons (Fsp3) is 0.333. The van der Waals surface area contributed by atoms with Crippen molar-refractivity contribution in [2.24, 2.45) is 5.73 Å². The molecule has 3 N–H and O–H groups in total. The van der Waals surface area contributed by atoms with Crippen molar-refractivity contribution in [1.82, 2.24) is 4.90 Å². The zero-order chi connectivity index (χ0) is 15.3. The number of rotatable bonds is 5. The summed E-state index contributed by atoms with van der Waals surface area (Å²) in [6.45, 7) is -2.71. The fourth-order valence-corrected chi connectivity index (χ4v) is 1.59. The van der Waals surface area contributed by atoms with Gasteiger partial charge in [-0.1, -0.05) is 30.3 Å². The van der Waals surface area contributed by atoms with Crippen LogP contribution in [0.2, 0.25) is 0 Å². The maximum atomic E-state index is 12.4. The van der Waals surface area contributed by atoms with Gasteiger partial charge < -0.3 is 15.7 Å². The lowest BCUT2D eigenvalue weighted by atomic mass is 10.1. The first-order valence-corrected chi connectivity index (χ1v) is 5.58. The van der Waals surface area contributed by atoms with Crippen LogP contribution in [-0.2, 0) is 9.59 Å². The van der Waals surface area contributed by atoms with Crippen molar-refractivity contribution in [2.75, 3.05) is 13.1 Å². The minimum Gasteiger partial charge on any atom is -0.480 e. The summed E-state index contributed by atoms with van der Waals surface area (Å²) >= 11 is 0. The number of carbonyl (C=O) groups is 2. The Kier molecular flexibility index (Phi) is 5.09. The van der Waals surface area contributed by atoms with E-state index >= 15 is 0 Å². The third kappa shape index (κ3) is 4.88. The molecule has 0 unspecified atom stereocenters. The Morgan fingerprint density at radius 1 is 1.25 bits per heavy atom. The lowest BCUT2D eigenvalue weighted by Crippen LogP contribution is -2.46. The second kappa shape index (κ2) is 6.38. The van der Waals surface area contributed by atoms with E-state index in [-0.39, 0.29) is 4.90 Å². The molecule has 0 radical (unpaired) electrons. The molecule has 8 heteroatoms. The molecule has 0 saturated heterocycles. The van der Waals surface area contributed by atoms with Gasteiger partial charge >= 0.3 is 12.1 Å². The van der Waals surface area contributed by atoms with Gasteiger partial charge in [0.25, 0.3) is 0 Å². The topological polar surface area (TPSA) is 83.6 Å². The Morgan fingerprint density at radius 2 is 1.80 bits per heavy atom. The highest BCUT2D eigenvalue weighted by molar-refractivity contribution is 5.86. The number of amides is 1. The molecule has 1 rings (SSSR count). The van der Waals surface area contributed by atoms with E-state index in [0.29, 0.717) is 5.56 Å². The molecule has 0 aliphatic heterocycles. The maximum absolute atomic E-state index is 12.4. The first-order valence-electron chi connectivity index (χ1n) is 5.58. The molecule has 0 heterocycles. The Hall–Kier alpha value is -2.09. The molecule has 0 aliphatic rings. The number of nitrogens with zero attached hydrogens (tertiary/aromatic N) is 1. The average molecular weight is 290 g/mol. The highest BCUT2D eigenvalue weighted by Gasteiger charge is 2.35. The van der Waals surface area contributed by atoms with Crippen molar-refractivity contribution in [2.45, 2.75) is 12.2 Å². The number of hydrogen-bond donors (Lipinski definition) is 2. The molecule has 20 heavy (non-hydrogen) atoms. The number of halogens is 3. The van der Waals surface area contributed by atoms with E-state index in [4.69, 9.17) is 10.8 Å². The molecule has 1 aromatic carbocycles. The van der Waals surface area contributed by atoms with Gasteiger partial charge in [0.15, 0.2) is 0 Å². The number of aliphatic carboxylic acids is 1. The zero-order valence-corrected chi connectivity index (χ0v) is 10.3. The predicted octanol–water partition coefficient (Wildman–Crippen LogP) is 1.16. The van der Waals surface area contributed by atoms with Gasteiger partial charge in [-0.2, -0.15) is 13.2 Å². The van der Waals surface area contributed by atoms with E-state index in [1.54, 1.807) is 18.2 Å². The van der Waals surface area contributed by atoms with Crippen LogP contribution >= 0.6 is 0 Å². The van der Waals surface area contributed by atoms with Crippen molar-refractivity contribution in [3.05, 3.63) is 35.9 Å². The number of carboxylic acids is 1. The molecular formula is C12H13F3N2O3. The SMILES string of the molecule is N[C@H](C(=O)N(CC(=O)O)CC(F)(F)F)c1ccccc1. The van der Waals surface area contributed by atoms with Crippen LogP contribution in [0.25, 0.3) is 0 Å². The Morgan fingerprint density at radius 3 is 2.25 bits per heavy atom. The molecule has 0 bridgehead atoms. The van der Waals surface area contributed by atoms with Crippen LogP contribution in [0.4, 0.5) is 13.2 Å². The molecule has 1 amide bonds. The van der Waals surface area contributed by atoms with Gasteiger partial charge in [-0.25, -0.2) is 0 Å². The van der Waals surface area contributed by atoms with E-state index < -0.39 is 37.2 Å². The van der Waals surface area contributed by atoms with Crippen molar-refractivity contribution < 1.29 is 27.9 Å². The van der Waals surface area contributed by atoms with Crippen molar-refractivity contribution in [1.29, 1.82) is 0 Å². The number of benzene rings is 1. The van der Waals surface area contributed by atoms with Crippen LogP contribution in [0.5, 0.6) is 0 Å². The number of nitrogens with two attached hydrogens (primary N) is 1. The van der Waals surface area contributed by atoms with Gasteiger partial charge in [0.05, 0.1) is 0 Å². The Labute approximate surface area is 112 Å². The molecule has 5 nitrogen and oxygen atoms in total. The Bertz CT molecular complexity index is 477. The summed E-state index contributed by atoms with van der Waals surface area (Å²) in [6.07, 6.45) is -4.69. The van der Waals surface area contributed by atoms with E-state index in [2.05, 4.69) is 0 Å². The first kappa shape index (κ1) is 16.0. The van der Waals surface area contributed by atoms with Gasteiger partial charge in [0.2, 0.25) is 5.91 Å². The second-order valence-corrected chi connectivity index (χ2v) is 4.09. The highest BCUT2D eigenvalue weighted by Crippen LogP contribution is 2.19. The summed E-state index contributed by atoms with van der Waals surface area (Å²) in [5.74, 6) is -2.63. The lowest BCUT2D eigenvalue weighted by Gasteiger charge is -2.25. The van der Waals surface area contributed by atoms with Crippen LogP contribution in [0.1, 0.15) is 11.6 Å². The molecule has 0 saturated carbocycles. The summed E-state index contributed by atoms with van der Waals surface area (Å²) < 4.78 is 37.1. The van der Waals surface area contributed by atoms with Crippen LogP contribution < -0.4 is 5.73 Å². The van der Waals surface area contributed by atoms with E-state index in [1.807, 2.05) is 0 Å². The van der Waals surface area contributed by atoms with Crippen molar-refractivity contribution >= 4 is 11.9 Å². The number of carbonyl (C=O) groups excluding carboxylic acids is 1. The zero-order valence-electron chi connectivity index (χ0n) is 10.3. The van der Waals surface area contributed by atoms with Gasteiger partial charge in [0.1, 0.15) is 19.1 Å². The van der Waals surface area contributed by atoms with Crippen LogP contribution in [0.3, 0.4) is 0 Å². The minimum absolute atomic E-state index is 0.181. The number of alkyl halides is 3. The molecular weight excluding hydrogens is 277 g/mol. The fourth-order valence-electron chi connectivity index (χ4n) is 1.59. The Balaban J connectivity index is 2.89. The quantitative estimate of drug-likeness (QED) is 0.852. The van der Waals surface area contributed by atoms with Crippen LogP contribution in [0, 0.1) is 0 Å². The highest BCUT2D eigenvalue weighted by atomic mass is 19.4. The van der Waals surface area contributed by atoms with E-state index in [9.17, 15) is 22.8 Å². The van der Waals surface area contributed by atoms with Gasteiger partial charge in [-0.05, 0) is 5.56 Å². The summed E-state index contributed by atoms with van der Waals surface area (Å²) in [7, 11) is 0. The van der Waals surface area contributed by atoms with E-state index in [1.165, 1.54) is 12.1 Å². The largest absolute Gasteiger partial charge is 0.480 e. The average Bonchev–Trinajstić information content (AvgIpc) is 2.35. The maximum Gasteiger partial charge on any atom is 0.406 e. The number of hydrogen-bond acceptors (Lipinski definition) is 3. The minimum atomic E-state index is -4.69. The molecule has 0 aromatic heterocycles.